The van der Waals surface area contributed by atoms with Crippen molar-refractivity contribution >= 4 is 34.0 Å². The number of carbonyl (C=O) groups is 2. The average Bonchev–Trinajstić information content (AvgIpc) is 3.01. The Labute approximate surface area is 242 Å². The number of aromatic nitrogens is 1. The summed E-state index contributed by atoms with van der Waals surface area (Å²) in [5.41, 5.74) is -0.600. The lowest BCUT2D eigenvalue weighted by molar-refractivity contribution is -0.136. The number of ether oxygens (including phenoxy) is 1. The summed E-state index contributed by atoms with van der Waals surface area (Å²) in [6.45, 7) is 7.65. The van der Waals surface area contributed by atoms with Gasteiger partial charge in [-0.2, -0.15) is 13.2 Å². The minimum Gasteiger partial charge on any atom is -0.457 e. The highest BCUT2D eigenvalue weighted by Crippen LogP contribution is 2.37. The number of rotatable bonds is 8. The van der Waals surface area contributed by atoms with E-state index >= 15 is 0 Å². The highest BCUT2D eigenvalue weighted by Gasteiger charge is 2.34. The largest absolute Gasteiger partial charge is 0.457 e. The quantitative estimate of drug-likeness (QED) is 0.168. The molecular weight excluding hydrogens is 549 g/mol. The summed E-state index contributed by atoms with van der Waals surface area (Å²) in [7, 11) is 2.49. The molecule has 11 heteroatoms. The normalized spacial score (nSPS) is 10.3. The summed E-state index contributed by atoms with van der Waals surface area (Å²) in [4.78, 5) is 29.1. The van der Waals surface area contributed by atoms with Crippen molar-refractivity contribution in [3.05, 3.63) is 102 Å². The fourth-order valence-corrected chi connectivity index (χ4v) is 3.81. The number of anilines is 2. The van der Waals surface area contributed by atoms with Gasteiger partial charge in [0.1, 0.15) is 17.2 Å². The maximum atomic E-state index is 13.6. The molecule has 4 aromatic rings. The van der Waals surface area contributed by atoms with Crippen LogP contribution in [0.3, 0.4) is 0 Å². The van der Waals surface area contributed by atoms with Gasteiger partial charge in [0.05, 0.1) is 5.56 Å². The Bertz CT molecular complexity index is 1520. The lowest BCUT2D eigenvalue weighted by atomic mass is 10.0. The fourth-order valence-electron chi connectivity index (χ4n) is 3.81. The molecule has 0 bridgehead atoms. The molecule has 0 saturated carbocycles. The van der Waals surface area contributed by atoms with Crippen LogP contribution in [0.2, 0.25) is 0 Å². The molecule has 8 nitrogen and oxygen atoms in total. The van der Waals surface area contributed by atoms with Gasteiger partial charge in [-0.25, -0.2) is 0 Å². The lowest BCUT2D eigenvalue weighted by Crippen LogP contribution is -2.18. The number of nitrogens with one attached hydrogen (secondary N) is 3. The molecular formula is C31H33F3N4O4. The molecule has 0 spiro atoms. The maximum absolute atomic E-state index is 13.6. The second-order valence-electron chi connectivity index (χ2n) is 8.10. The van der Waals surface area contributed by atoms with Gasteiger partial charge in [0.25, 0.3) is 11.8 Å². The Morgan fingerprint density at radius 1 is 0.976 bits per heavy atom. The molecule has 0 radical (unpaired) electrons. The Hall–Kier alpha value is -4.90. The van der Waals surface area contributed by atoms with Gasteiger partial charge in [0.2, 0.25) is 0 Å². The summed E-state index contributed by atoms with van der Waals surface area (Å²) in [5.74, 6) is -0.169. The molecule has 3 aromatic carbocycles. The highest BCUT2D eigenvalue weighted by atomic mass is 19.4. The van der Waals surface area contributed by atoms with Crippen molar-refractivity contribution in [2.45, 2.75) is 20.0 Å². The van der Waals surface area contributed by atoms with Crippen LogP contribution in [0.1, 0.15) is 40.3 Å². The zero-order chi connectivity index (χ0) is 31.3. The number of hydrogen-bond acceptors (Lipinski definition) is 6. The van der Waals surface area contributed by atoms with Gasteiger partial charge >= 0.3 is 6.18 Å². The minimum absolute atomic E-state index is 0.00518. The molecule has 222 valence electrons. The van der Waals surface area contributed by atoms with Crippen LogP contribution in [0.15, 0.2) is 85.6 Å². The van der Waals surface area contributed by atoms with E-state index in [-0.39, 0.29) is 35.1 Å². The van der Waals surface area contributed by atoms with Crippen LogP contribution in [0.5, 0.6) is 11.5 Å². The number of nitrogens with zero attached hydrogens (tertiary/aromatic N) is 1. The van der Waals surface area contributed by atoms with Crippen LogP contribution in [0.25, 0.3) is 10.8 Å². The Morgan fingerprint density at radius 2 is 1.67 bits per heavy atom. The van der Waals surface area contributed by atoms with Gasteiger partial charge in [-0.1, -0.05) is 44.2 Å². The molecule has 0 atom stereocenters. The smallest absolute Gasteiger partial charge is 0.418 e. The molecule has 1 aromatic heterocycles. The number of pyridine rings is 1. The monoisotopic (exact) mass is 582 g/mol. The number of amides is 2. The SMILES string of the molecule is C=CCNc1ccc(NC(=O)c2cccc3c(Oc4ccnc(C(=O)NC)c4)cccc23)cc1C(F)(F)F.CC.CO. The third kappa shape index (κ3) is 8.31. The van der Waals surface area contributed by atoms with E-state index in [4.69, 9.17) is 9.84 Å². The number of carbonyl (C=O) groups excluding carboxylic acids is 2. The zero-order valence-electron chi connectivity index (χ0n) is 23.7. The fraction of sp³-hybridized carbons (Fsp3) is 0.194. The van der Waals surface area contributed by atoms with Gasteiger partial charge in [-0.3, -0.25) is 14.6 Å². The number of aliphatic hydroxyl groups excluding tert-OH is 1. The molecule has 0 unspecified atom stereocenters. The number of alkyl halides is 3. The molecule has 4 rings (SSSR count). The number of benzene rings is 3. The molecule has 0 aliphatic rings. The molecule has 0 saturated heterocycles. The van der Waals surface area contributed by atoms with Crippen molar-refractivity contribution in [2.24, 2.45) is 0 Å². The van der Waals surface area contributed by atoms with Crippen molar-refractivity contribution in [3.63, 3.8) is 0 Å². The zero-order valence-corrected chi connectivity index (χ0v) is 23.7. The third-order valence-electron chi connectivity index (χ3n) is 5.57. The minimum atomic E-state index is -4.62. The predicted octanol–water partition coefficient (Wildman–Crippen LogP) is 6.89. The van der Waals surface area contributed by atoms with Crippen molar-refractivity contribution in [2.75, 3.05) is 31.3 Å². The molecule has 0 aliphatic heterocycles. The summed E-state index contributed by atoms with van der Waals surface area (Å²) in [6, 6.07) is 16.7. The number of aliphatic hydroxyl groups is 1. The van der Waals surface area contributed by atoms with E-state index in [9.17, 15) is 22.8 Å². The van der Waals surface area contributed by atoms with Gasteiger partial charge in [-0.05, 0) is 41.8 Å². The van der Waals surface area contributed by atoms with E-state index in [2.05, 4.69) is 27.5 Å². The van der Waals surface area contributed by atoms with Gasteiger partial charge in [0.15, 0.2) is 0 Å². The van der Waals surface area contributed by atoms with Crippen LogP contribution < -0.4 is 20.7 Å². The number of halogens is 3. The second kappa shape index (κ2) is 15.8. The van der Waals surface area contributed by atoms with Crippen molar-refractivity contribution < 1.29 is 32.6 Å². The first-order valence-electron chi connectivity index (χ1n) is 12.9. The Kier molecular flexibility index (Phi) is 12.5. The summed E-state index contributed by atoms with van der Waals surface area (Å²) in [6.07, 6.45) is -1.73. The molecule has 0 aliphatic carbocycles. The molecule has 4 N–H and O–H groups in total. The lowest BCUT2D eigenvalue weighted by Gasteiger charge is -2.16. The van der Waals surface area contributed by atoms with Crippen LogP contribution >= 0.6 is 0 Å². The van der Waals surface area contributed by atoms with E-state index < -0.39 is 17.6 Å². The third-order valence-corrected chi connectivity index (χ3v) is 5.57. The van der Waals surface area contributed by atoms with E-state index in [1.807, 2.05) is 13.8 Å². The topological polar surface area (TPSA) is 113 Å². The summed E-state index contributed by atoms with van der Waals surface area (Å²) >= 11 is 0. The highest BCUT2D eigenvalue weighted by molar-refractivity contribution is 6.13. The first-order valence-corrected chi connectivity index (χ1v) is 12.9. The standard InChI is InChI=1S/C28H23F3N4O3.C2H6.CH4O/c1-3-13-33-23-11-10-17(15-22(23)28(29,30)31)35-26(36)21-8-4-7-20-19(21)6-5-9-25(20)38-18-12-14-34-24(16-18)27(37)32-2;2*1-2/h3-12,14-16,33H,1,13H2,2H3,(H,32,37)(H,35,36);1-2H3;2H,1H3. The van der Waals surface area contributed by atoms with E-state index in [1.165, 1.54) is 37.5 Å². The van der Waals surface area contributed by atoms with Gasteiger partial charge in [0, 0.05) is 55.3 Å². The second-order valence-corrected chi connectivity index (χ2v) is 8.10. The Morgan fingerprint density at radius 3 is 2.33 bits per heavy atom. The summed E-state index contributed by atoms with van der Waals surface area (Å²) in [5, 5.41) is 15.8. The van der Waals surface area contributed by atoms with Crippen LogP contribution in [-0.2, 0) is 6.18 Å². The number of hydrogen-bond donors (Lipinski definition) is 4. The van der Waals surface area contributed by atoms with Crippen molar-refractivity contribution in [1.29, 1.82) is 0 Å². The van der Waals surface area contributed by atoms with E-state index in [0.717, 1.165) is 13.2 Å². The first kappa shape index (κ1) is 33.3. The molecule has 2 amide bonds. The predicted molar refractivity (Wildman–Crippen MR) is 159 cm³/mol. The van der Waals surface area contributed by atoms with Crippen LogP contribution in [0, 0.1) is 0 Å². The average molecular weight is 583 g/mol. The van der Waals surface area contributed by atoms with Gasteiger partial charge < -0.3 is 25.8 Å². The number of fused-ring (bicyclic) bond motifs is 1. The van der Waals surface area contributed by atoms with Crippen molar-refractivity contribution in [1.82, 2.24) is 10.3 Å². The maximum Gasteiger partial charge on any atom is 0.418 e. The Balaban J connectivity index is 0.00000148. The van der Waals surface area contributed by atoms with Crippen molar-refractivity contribution in [3.8, 4) is 11.5 Å². The van der Waals surface area contributed by atoms with E-state index in [0.29, 0.717) is 22.3 Å². The van der Waals surface area contributed by atoms with Crippen LogP contribution in [-0.4, -0.2) is 42.6 Å². The van der Waals surface area contributed by atoms with Gasteiger partial charge in [-0.15, -0.1) is 6.58 Å². The molecule has 42 heavy (non-hydrogen) atoms. The summed E-state index contributed by atoms with van der Waals surface area (Å²) < 4.78 is 46.8. The first-order chi connectivity index (χ1) is 20.2. The molecule has 0 fully saturated rings. The molecule has 1 heterocycles. The van der Waals surface area contributed by atoms with E-state index in [1.54, 1.807) is 42.5 Å². The van der Waals surface area contributed by atoms with Crippen LogP contribution in [0.4, 0.5) is 24.5 Å².